The summed E-state index contributed by atoms with van der Waals surface area (Å²) in [5.74, 6) is 1.37. The molecule has 0 saturated carbocycles. The van der Waals surface area contributed by atoms with E-state index in [1.54, 1.807) is 0 Å². The molecule has 1 aliphatic carbocycles. The van der Waals surface area contributed by atoms with Gasteiger partial charge in [0, 0.05) is 18.4 Å². The quantitative estimate of drug-likeness (QED) is 0.767. The Balaban J connectivity index is 2.06. The monoisotopic (exact) mass is 241 g/mol. The van der Waals surface area contributed by atoms with Gasteiger partial charge in [0.25, 0.3) is 0 Å². The molecule has 92 valence electrons. The number of rotatable bonds is 1. The summed E-state index contributed by atoms with van der Waals surface area (Å²) in [6.45, 7) is 4.16. The molecule has 3 nitrogen and oxygen atoms in total. The molecule has 1 aliphatic rings. The number of benzene rings is 1. The highest BCUT2D eigenvalue weighted by molar-refractivity contribution is 5.97. The minimum atomic E-state index is -0.0302. The lowest BCUT2D eigenvalue weighted by Gasteiger charge is -2.25. The van der Waals surface area contributed by atoms with Crippen molar-refractivity contribution in [3.63, 3.8) is 0 Å². The minimum Gasteiger partial charge on any atom is -0.440 e. The maximum absolute atomic E-state index is 12.0. The minimum absolute atomic E-state index is 0.0302. The average Bonchev–Trinajstić information content (AvgIpc) is 2.72. The fourth-order valence-corrected chi connectivity index (χ4v) is 2.41. The van der Waals surface area contributed by atoms with Crippen LogP contribution in [0.1, 0.15) is 36.5 Å². The Hall–Kier alpha value is -1.90. The molecule has 2 aromatic rings. The van der Waals surface area contributed by atoms with Crippen LogP contribution in [0.15, 0.2) is 34.7 Å². The molecule has 0 aliphatic heterocycles. The number of ketones is 1. The van der Waals surface area contributed by atoms with Gasteiger partial charge in [-0.15, -0.1) is 0 Å². The summed E-state index contributed by atoms with van der Waals surface area (Å²) >= 11 is 0. The molecule has 0 unspecified atom stereocenters. The topological polar surface area (TPSA) is 43.1 Å². The Kier molecular flexibility index (Phi) is 2.37. The van der Waals surface area contributed by atoms with Gasteiger partial charge in [0.2, 0.25) is 5.89 Å². The van der Waals surface area contributed by atoms with Gasteiger partial charge in [-0.3, -0.25) is 4.79 Å². The lowest BCUT2D eigenvalue weighted by molar-refractivity contribution is 0.0899. The summed E-state index contributed by atoms with van der Waals surface area (Å²) in [7, 11) is 0. The van der Waals surface area contributed by atoms with E-state index in [0.717, 1.165) is 17.7 Å². The Labute approximate surface area is 106 Å². The molecule has 1 aromatic heterocycles. The first-order chi connectivity index (χ1) is 8.55. The maximum atomic E-state index is 12.0. The number of oxazole rings is 1. The number of carbonyl (C=O) groups is 1. The third kappa shape index (κ3) is 1.86. The Morgan fingerprint density at radius 2 is 1.89 bits per heavy atom. The second kappa shape index (κ2) is 3.80. The number of aromatic nitrogens is 1. The predicted octanol–water partition coefficient (Wildman–Crippen LogP) is 3.50. The van der Waals surface area contributed by atoms with Crippen LogP contribution in [-0.2, 0) is 6.42 Å². The van der Waals surface area contributed by atoms with E-state index in [1.165, 1.54) is 0 Å². The van der Waals surface area contributed by atoms with E-state index in [0.29, 0.717) is 18.0 Å². The van der Waals surface area contributed by atoms with Crippen molar-refractivity contribution in [2.24, 2.45) is 5.41 Å². The van der Waals surface area contributed by atoms with Crippen LogP contribution in [-0.4, -0.2) is 10.8 Å². The largest absolute Gasteiger partial charge is 0.440 e. The Morgan fingerprint density at radius 3 is 2.61 bits per heavy atom. The molecule has 3 heteroatoms. The van der Waals surface area contributed by atoms with E-state index >= 15 is 0 Å². The number of hydrogen-bond donors (Lipinski definition) is 0. The summed E-state index contributed by atoms with van der Waals surface area (Å²) < 4.78 is 5.77. The summed E-state index contributed by atoms with van der Waals surface area (Å²) in [4.78, 5) is 16.4. The molecule has 0 amide bonds. The first-order valence-corrected chi connectivity index (χ1v) is 6.13. The lowest BCUT2D eigenvalue weighted by atomic mass is 9.78. The van der Waals surface area contributed by atoms with Crippen molar-refractivity contribution in [3.8, 4) is 11.5 Å². The molecule has 1 aromatic carbocycles. The second-order valence-corrected chi connectivity index (χ2v) is 5.60. The highest BCUT2D eigenvalue weighted by Gasteiger charge is 2.35. The highest BCUT2D eigenvalue weighted by Crippen LogP contribution is 2.36. The molecular weight excluding hydrogens is 226 g/mol. The van der Waals surface area contributed by atoms with Crippen LogP contribution >= 0.6 is 0 Å². The van der Waals surface area contributed by atoms with E-state index in [1.807, 2.05) is 30.3 Å². The first-order valence-electron chi connectivity index (χ1n) is 6.13. The summed E-state index contributed by atoms with van der Waals surface area (Å²) in [6.07, 6.45) is 1.31. The Morgan fingerprint density at radius 1 is 1.17 bits per heavy atom. The highest BCUT2D eigenvalue weighted by atomic mass is 16.4. The molecule has 0 saturated heterocycles. The number of hydrogen-bond acceptors (Lipinski definition) is 3. The van der Waals surface area contributed by atoms with Crippen molar-refractivity contribution in [2.75, 3.05) is 0 Å². The zero-order valence-corrected chi connectivity index (χ0v) is 10.6. The lowest BCUT2D eigenvalue weighted by Crippen LogP contribution is -2.26. The first kappa shape index (κ1) is 11.2. The molecule has 0 fully saturated rings. The van der Waals surface area contributed by atoms with Gasteiger partial charge in [-0.25, -0.2) is 4.98 Å². The van der Waals surface area contributed by atoms with Crippen LogP contribution in [0.4, 0.5) is 0 Å². The molecule has 18 heavy (non-hydrogen) atoms. The van der Waals surface area contributed by atoms with Crippen molar-refractivity contribution in [2.45, 2.75) is 26.7 Å². The van der Waals surface area contributed by atoms with Gasteiger partial charge in [0.05, 0.1) is 0 Å². The normalized spacial score (nSPS) is 17.6. The summed E-state index contributed by atoms with van der Waals surface area (Å²) in [5.41, 5.74) is 1.41. The fraction of sp³-hybridized carbons (Fsp3) is 0.333. The molecule has 0 N–H and O–H groups in total. The van der Waals surface area contributed by atoms with Gasteiger partial charge in [-0.05, 0) is 17.5 Å². The van der Waals surface area contributed by atoms with Crippen LogP contribution in [0.5, 0.6) is 0 Å². The Bertz CT molecular complexity index is 596. The van der Waals surface area contributed by atoms with E-state index in [-0.39, 0.29) is 11.2 Å². The van der Waals surface area contributed by atoms with Crippen molar-refractivity contribution in [3.05, 3.63) is 41.8 Å². The van der Waals surface area contributed by atoms with E-state index < -0.39 is 0 Å². The SMILES string of the molecule is CC1(C)CC(=O)c2nc(-c3ccccc3)oc2C1. The second-order valence-electron chi connectivity index (χ2n) is 5.60. The zero-order valence-electron chi connectivity index (χ0n) is 10.6. The number of carbonyl (C=O) groups excluding carboxylic acids is 1. The molecule has 0 spiro atoms. The van der Waals surface area contributed by atoms with Crippen molar-refractivity contribution in [1.29, 1.82) is 0 Å². The van der Waals surface area contributed by atoms with Gasteiger partial charge in [-0.1, -0.05) is 32.0 Å². The average molecular weight is 241 g/mol. The molecule has 0 bridgehead atoms. The molecule has 0 radical (unpaired) electrons. The zero-order chi connectivity index (χ0) is 12.8. The smallest absolute Gasteiger partial charge is 0.226 e. The van der Waals surface area contributed by atoms with Crippen molar-refractivity contribution in [1.82, 2.24) is 4.98 Å². The number of nitrogens with zero attached hydrogens (tertiary/aromatic N) is 1. The summed E-state index contributed by atoms with van der Waals surface area (Å²) in [5, 5.41) is 0. The van der Waals surface area contributed by atoms with Crippen LogP contribution in [0.25, 0.3) is 11.5 Å². The third-order valence-corrected chi connectivity index (χ3v) is 3.26. The van der Waals surface area contributed by atoms with Gasteiger partial charge in [-0.2, -0.15) is 0 Å². The fourth-order valence-electron chi connectivity index (χ4n) is 2.41. The molecular formula is C15H15NO2. The standard InChI is InChI=1S/C15H15NO2/c1-15(2)8-11(17)13-12(9-15)18-14(16-13)10-6-4-3-5-7-10/h3-7H,8-9H2,1-2H3. The van der Waals surface area contributed by atoms with Gasteiger partial charge in [0.1, 0.15) is 11.5 Å². The third-order valence-electron chi connectivity index (χ3n) is 3.26. The van der Waals surface area contributed by atoms with Gasteiger partial charge < -0.3 is 4.42 Å². The predicted molar refractivity (Wildman–Crippen MR) is 68.4 cm³/mol. The van der Waals surface area contributed by atoms with E-state index in [2.05, 4.69) is 18.8 Å². The number of Topliss-reactive ketones (excluding diaryl/α,β-unsaturated/α-hetero) is 1. The number of fused-ring (bicyclic) bond motifs is 1. The summed E-state index contributed by atoms with van der Waals surface area (Å²) in [6, 6.07) is 9.69. The maximum Gasteiger partial charge on any atom is 0.226 e. The van der Waals surface area contributed by atoms with E-state index in [4.69, 9.17) is 4.42 Å². The van der Waals surface area contributed by atoms with Crippen LogP contribution in [0.2, 0.25) is 0 Å². The molecule has 0 atom stereocenters. The van der Waals surface area contributed by atoms with Crippen LogP contribution in [0.3, 0.4) is 0 Å². The van der Waals surface area contributed by atoms with Gasteiger partial charge in [0.15, 0.2) is 5.78 Å². The van der Waals surface area contributed by atoms with Crippen LogP contribution < -0.4 is 0 Å². The molecule has 1 heterocycles. The van der Waals surface area contributed by atoms with Crippen molar-refractivity contribution < 1.29 is 9.21 Å². The van der Waals surface area contributed by atoms with E-state index in [9.17, 15) is 4.79 Å². The van der Waals surface area contributed by atoms with Crippen molar-refractivity contribution >= 4 is 5.78 Å². The van der Waals surface area contributed by atoms with Crippen LogP contribution in [0, 0.1) is 5.41 Å². The molecule has 3 rings (SSSR count). The van der Waals surface area contributed by atoms with Gasteiger partial charge >= 0.3 is 0 Å².